The van der Waals surface area contributed by atoms with E-state index >= 15 is 0 Å². The Labute approximate surface area is 152 Å². The Morgan fingerprint density at radius 2 is 1.64 bits per heavy atom. The summed E-state index contributed by atoms with van der Waals surface area (Å²) in [6.45, 7) is 6.15. The maximum Gasteiger partial charge on any atom is 0.220 e. The summed E-state index contributed by atoms with van der Waals surface area (Å²) in [5.41, 5.74) is 0. The first-order valence-electron chi connectivity index (χ1n) is 9.71. The second-order valence-electron chi connectivity index (χ2n) is 7.10. The minimum Gasteiger partial charge on any atom is -0.354 e. The summed E-state index contributed by atoms with van der Waals surface area (Å²) in [7, 11) is 1.90. The average Bonchev–Trinajstić information content (AvgIpc) is 2.60. The number of likely N-dealkylation sites (N-methyl/N-ethyl adjacent to an activating group) is 1. The molecule has 0 unspecified atom stereocenters. The van der Waals surface area contributed by atoms with Crippen molar-refractivity contribution in [1.82, 2.24) is 10.6 Å². The maximum atomic E-state index is 11.8. The molecule has 2 N–H and O–H groups in total. The molecule has 0 saturated heterocycles. The van der Waals surface area contributed by atoms with Crippen molar-refractivity contribution in [2.24, 2.45) is 5.92 Å². The molecule has 1 aliphatic carbocycles. The Hall–Kier alpha value is -0.980. The third kappa shape index (κ3) is 9.33. The smallest absolute Gasteiger partial charge is 0.220 e. The summed E-state index contributed by atoms with van der Waals surface area (Å²) >= 11 is 0. The Bertz CT molecular complexity index is 393. The van der Waals surface area contributed by atoms with Gasteiger partial charge in [0, 0.05) is 44.7 Å². The van der Waals surface area contributed by atoms with Crippen LogP contribution < -0.4 is 10.6 Å². The van der Waals surface area contributed by atoms with Crippen molar-refractivity contribution >= 4 is 11.7 Å². The van der Waals surface area contributed by atoms with E-state index < -0.39 is 5.79 Å². The van der Waals surface area contributed by atoms with Crippen LogP contribution in [0.1, 0.15) is 65.2 Å². The van der Waals surface area contributed by atoms with Crippen LogP contribution in [0, 0.1) is 5.92 Å². The predicted molar refractivity (Wildman–Crippen MR) is 98.4 cm³/mol. The number of amides is 1. The number of rotatable bonds is 13. The zero-order valence-electron chi connectivity index (χ0n) is 16.2. The fraction of sp³-hybridized carbons (Fsp3) is 0.895. The molecule has 0 heterocycles. The Kier molecular flexibility index (Phi) is 10.9. The van der Waals surface area contributed by atoms with Crippen LogP contribution in [0.2, 0.25) is 0 Å². The van der Waals surface area contributed by atoms with Gasteiger partial charge >= 0.3 is 0 Å². The van der Waals surface area contributed by atoms with Gasteiger partial charge in [0.2, 0.25) is 5.91 Å². The quantitative estimate of drug-likeness (QED) is 0.391. The van der Waals surface area contributed by atoms with Crippen LogP contribution >= 0.6 is 0 Å². The Morgan fingerprint density at radius 1 is 1.00 bits per heavy atom. The second-order valence-corrected chi connectivity index (χ2v) is 7.10. The van der Waals surface area contributed by atoms with Gasteiger partial charge in [-0.3, -0.25) is 9.59 Å². The highest BCUT2D eigenvalue weighted by atomic mass is 16.7. The zero-order valence-corrected chi connectivity index (χ0v) is 16.2. The van der Waals surface area contributed by atoms with Crippen LogP contribution in [0.3, 0.4) is 0 Å². The van der Waals surface area contributed by atoms with E-state index in [9.17, 15) is 9.59 Å². The number of hydrogen-bond acceptors (Lipinski definition) is 5. The van der Waals surface area contributed by atoms with Gasteiger partial charge in [-0.2, -0.15) is 0 Å². The lowest BCUT2D eigenvalue weighted by molar-refractivity contribution is -0.250. The fourth-order valence-electron chi connectivity index (χ4n) is 2.99. The van der Waals surface area contributed by atoms with Crippen molar-refractivity contribution in [3.8, 4) is 0 Å². The van der Waals surface area contributed by atoms with Crippen molar-refractivity contribution in [3.63, 3.8) is 0 Å². The summed E-state index contributed by atoms with van der Waals surface area (Å²) in [4.78, 5) is 23.4. The van der Waals surface area contributed by atoms with Crippen LogP contribution in [0.25, 0.3) is 0 Å². The summed E-state index contributed by atoms with van der Waals surface area (Å²) in [6.07, 6.45) is 6.79. The SMILES string of the molecule is CNCCOC1(OCCNC(=O)CCCC(=O)C(C)C)CCCCC1. The molecule has 0 aromatic heterocycles. The number of hydrogen-bond donors (Lipinski definition) is 2. The van der Waals surface area contributed by atoms with Crippen LogP contribution in [-0.4, -0.2) is 50.8 Å². The largest absolute Gasteiger partial charge is 0.354 e. The molecule has 0 aromatic carbocycles. The molecule has 0 aliphatic heterocycles. The number of nitrogens with one attached hydrogen (secondary N) is 2. The van der Waals surface area contributed by atoms with Crippen molar-refractivity contribution in [2.75, 3.05) is 33.4 Å². The lowest BCUT2D eigenvalue weighted by atomic mass is 9.94. The Morgan fingerprint density at radius 3 is 2.24 bits per heavy atom. The molecule has 146 valence electrons. The van der Waals surface area contributed by atoms with Gasteiger partial charge in [0.1, 0.15) is 5.78 Å². The number of carbonyl (C=O) groups is 2. The summed E-state index contributed by atoms with van der Waals surface area (Å²) in [5.74, 6) is -0.238. The topological polar surface area (TPSA) is 76.7 Å². The molecule has 0 spiro atoms. The van der Waals surface area contributed by atoms with Gasteiger partial charge in [0.25, 0.3) is 0 Å². The van der Waals surface area contributed by atoms with E-state index in [2.05, 4.69) is 10.6 Å². The lowest BCUT2D eigenvalue weighted by Crippen LogP contribution is -2.41. The first-order chi connectivity index (χ1) is 12.0. The van der Waals surface area contributed by atoms with E-state index in [-0.39, 0.29) is 17.6 Å². The van der Waals surface area contributed by atoms with Crippen molar-refractivity contribution < 1.29 is 19.1 Å². The van der Waals surface area contributed by atoms with Gasteiger partial charge in [0.05, 0.1) is 13.2 Å². The fourth-order valence-corrected chi connectivity index (χ4v) is 2.99. The summed E-state index contributed by atoms with van der Waals surface area (Å²) in [6, 6.07) is 0. The maximum absolute atomic E-state index is 11.8. The number of ether oxygens (including phenoxy) is 2. The van der Waals surface area contributed by atoms with E-state index in [1.165, 1.54) is 6.42 Å². The van der Waals surface area contributed by atoms with E-state index in [0.717, 1.165) is 32.2 Å². The van der Waals surface area contributed by atoms with Crippen LogP contribution in [0.15, 0.2) is 0 Å². The monoisotopic (exact) mass is 356 g/mol. The predicted octanol–water partition coefficient (Wildman–Crippen LogP) is 2.41. The van der Waals surface area contributed by atoms with Crippen molar-refractivity contribution in [1.29, 1.82) is 0 Å². The third-order valence-electron chi connectivity index (χ3n) is 4.59. The van der Waals surface area contributed by atoms with Gasteiger partial charge in [-0.1, -0.05) is 20.3 Å². The summed E-state index contributed by atoms with van der Waals surface area (Å²) in [5, 5.41) is 5.95. The van der Waals surface area contributed by atoms with E-state index in [1.54, 1.807) is 0 Å². The third-order valence-corrected chi connectivity index (χ3v) is 4.59. The average molecular weight is 357 g/mol. The minimum absolute atomic E-state index is 0.0195. The van der Waals surface area contributed by atoms with E-state index in [1.807, 2.05) is 20.9 Å². The number of carbonyl (C=O) groups excluding carboxylic acids is 2. The second kappa shape index (κ2) is 12.4. The molecular formula is C19H36N2O4. The van der Waals surface area contributed by atoms with E-state index in [4.69, 9.17) is 9.47 Å². The number of Topliss-reactive ketones (excluding diaryl/α,β-unsaturated/α-hetero) is 1. The molecule has 25 heavy (non-hydrogen) atoms. The first kappa shape index (κ1) is 22.1. The molecule has 6 heteroatoms. The first-order valence-corrected chi connectivity index (χ1v) is 9.71. The van der Waals surface area contributed by atoms with Crippen LogP contribution in [0.5, 0.6) is 0 Å². The highest BCUT2D eigenvalue weighted by Gasteiger charge is 2.33. The Balaban J connectivity index is 2.20. The highest BCUT2D eigenvalue weighted by molar-refractivity contribution is 5.81. The van der Waals surface area contributed by atoms with Gasteiger partial charge in [0.15, 0.2) is 5.79 Å². The highest BCUT2D eigenvalue weighted by Crippen LogP contribution is 2.32. The molecule has 0 radical (unpaired) electrons. The minimum atomic E-state index is -0.483. The normalized spacial score (nSPS) is 16.8. The van der Waals surface area contributed by atoms with Gasteiger partial charge in [-0.05, 0) is 26.3 Å². The molecular weight excluding hydrogens is 320 g/mol. The molecule has 1 fully saturated rings. The number of ketones is 1. The molecule has 0 aromatic rings. The molecule has 1 amide bonds. The molecule has 1 aliphatic rings. The van der Waals surface area contributed by atoms with Crippen LogP contribution in [0.4, 0.5) is 0 Å². The van der Waals surface area contributed by atoms with Gasteiger partial charge in [-0.25, -0.2) is 0 Å². The molecule has 1 saturated carbocycles. The van der Waals surface area contributed by atoms with Crippen molar-refractivity contribution in [3.05, 3.63) is 0 Å². The molecule has 6 nitrogen and oxygen atoms in total. The van der Waals surface area contributed by atoms with Crippen LogP contribution in [-0.2, 0) is 19.1 Å². The lowest BCUT2D eigenvalue weighted by Gasteiger charge is -2.37. The standard InChI is InChI=1S/C19H36N2O4/c1-16(2)17(22)8-7-9-18(23)21-13-15-25-19(24-14-12-20-3)10-5-4-6-11-19/h16,20H,4-15H2,1-3H3,(H,21,23). The zero-order chi connectivity index (χ0) is 18.5. The molecule has 0 bridgehead atoms. The molecule has 1 rings (SSSR count). The van der Waals surface area contributed by atoms with Gasteiger partial charge in [-0.15, -0.1) is 0 Å². The summed E-state index contributed by atoms with van der Waals surface area (Å²) < 4.78 is 12.0. The molecule has 0 atom stereocenters. The van der Waals surface area contributed by atoms with E-state index in [0.29, 0.717) is 39.0 Å². The van der Waals surface area contributed by atoms with Crippen molar-refractivity contribution in [2.45, 2.75) is 71.0 Å². The van der Waals surface area contributed by atoms with Gasteiger partial charge < -0.3 is 20.1 Å².